The van der Waals surface area contributed by atoms with Crippen LogP contribution >= 0.6 is 0 Å². The smallest absolute Gasteiger partial charge is 0.306 e. The Kier molecular flexibility index (Phi) is 21.4. The minimum atomic E-state index is -0.768. The Labute approximate surface area is 189 Å². The summed E-state index contributed by atoms with van der Waals surface area (Å²) in [6, 6.07) is 0. The van der Waals surface area contributed by atoms with Crippen LogP contribution in [0.1, 0.15) is 97.3 Å². The first-order valence-corrected chi connectivity index (χ1v) is 12.0. The fourth-order valence-electron chi connectivity index (χ4n) is 2.90. The summed E-state index contributed by atoms with van der Waals surface area (Å²) in [5.41, 5.74) is 0. The van der Waals surface area contributed by atoms with Crippen molar-refractivity contribution in [1.82, 2.24) is 0 Å². The van der Waals surface area contributed by atoms with E-state index >= 15 is 0 Å². The molecule has 0 aliphatic carbocycles. The third-order valence-electron chi connectivity index (χ3n) is 4.75. The first kappa shape index (κ1) is 29.1. The summed E-state index contributed by atoms with van der Waals surface area (Å²) in [7, 11) is 0. The second kappa shape index (κ2) is 22.8. The highest BCUT2D eigenvalue weighted by Gasteiger charge is 2.15. The van der Waals surface area contributed by atoms with Crippen LogP contribution < -0.4 is 0 Å². The van der Waals surface area contributed by atoms with Gasteiger partial charge in [-0.3, -0.25) is 9.59 Å². The molecule has 1 N–H and O–H groups in total. The molecule has 178 valence electrons. The number of hydrogen-bond acceptors (Lipinski definition) is 5. The van der Waals surface area contributed by atoms with Gasteiger partial charge in [-0.25, -0.2) is 0 Å². The number of ether oxygens (including phenoxy) is 2. The lowest BCUT2D eigenvalue weighted by atomic mass is 10.1. The molecule has 0 aromatic carbocycles. The molecule has 5 heteroatoms. The van der Waals surface area contributed by atoms with Crippen molar-refractivity contribution in [3.8, 4) is 0 Å². The number of carbonyl (C=O) groups is 2. The second-order valence-corrected chi connectivity index (χ2v) is 7.64. The second-order valence-electron chi connectivity index (χ2n) is 7.64. The van der Waals surface area contributed by atoms with Crippen LogP contribution in [0.4, 0.5) is 0 Å². The number of aliphatic hydroxyl groups excluding tert-OH is 1. The van der Waals surface area contributed by atoms with Gasteiger partial charge in [-0.2, -0.15) is 0 Å². The minimum absolute atomic E-state index is 0.0859. The van der Waals surface area contributed by atoms with E-state index in [9.17, 15) is 14.7 Å². The zero-order valence-electron chi connectivity index (χ0n) is 19.7. The molecule has 1 atom stereocenters. The average molecular weight is 437 g/mol. The van der Waals surface area contributed by atoms with Crippen LogP contribution in [0.15, 0.2) is 36.5 Å². The van der Waals surface area contributed by atoms with Crippen LogP contribution in [-0.4, -0.2) is 36.4 Å². The van der Waals surface area contributed by atoms with Gasteiger partial charge < -0.3 is 14.6 Å². The predicted octanol–water partition coefficient (Wildman–Crippen LogP) is 6.21. The molecule has 0 bridgehead atoms. The summed E-state index contributed by atoms with van der Waals surface area (Å²) >= 11 is 0. The Balaban J connectivity index is 3.50. The number of unbranched alkanes of at least 4 members (excludes halogenated alkanes) is 7. The summed E-state index contributed by atoms with van der Waals surface area (Å²) in [6.07, 6.45) is 25.3. The van der Waals surface area contributed by atoms with Crippen molar-refractivity contribution in [1.29, 1.82) is 0 Å². The molecule has 0 heterocycles. The third-order valence-corrected chi connectivity index (χ3v) is 4.75. The summed E-state index contributed by atoms with van der Waals surface area (Å²) < 4.78 is 10.0. The molecule has 1 unspecified atom stereocenters. The van der Waals surface area contributed by atoms with E-state index in [0.29, 0.717) is 6.42 Å². The molecule has 0 aromatic rings. The number of esters is 2. The molecule has 0 aromatic heterocycles. The molecule has 0 aliphatic rings. The largest absolute Gasteiger partial charge is 0.462 e. The van der Waals surface area contributed by atoms with Crippen LogP contribution in [0, 0.1) is 0 Å². The zero-order valence-corrected chi connectivity index (χ0v) is 19.7. The first-order chi connectivity index (χ1) is 15.1. The van der Waals surface area contributed by atoms with Crippen molar-refractivity contribution in [2.75, 3.05) is 13.2 Å². The highest BCUT2D eigenvalue weighted by atomic mass is 16.6. The van der Waals surface area contributed by atoms with Gasteiger partial charge in [-0.05, 0) is 38.5 Å². The van der Waals surface area contributed by atoms with Gasteiger partial charge in [-0.15, -0.1) is 0 Å². The van der Waals surface area contributed by atoms with E-state index < -0.39 is 6.10 Å². The van der Waals surface area contributed by atoms with E-state index in [0.717, 1.165) is 44.9 Å². The van der Waals surface area contributed by atoms with Crippen molar-refractivity contribution < 1.29 is 24.2 Å². The molecule has 0 radical (unpaired) electrons. The van der Waals surface area contributed by atoms with Crippen molar-refractivity contribution >= 4 is 11.9 Å². The van der Waals surface area contributed by atoms with Crippen molar-refractivity contribution in [3.05, 3.63) is 36.5 Å². The maximum atomic E-state index is 11.8. The topological polar surface area (TPSA) is 72.8 Å². The summed E-state index contributed by atoms with van der Waals surface area (Å²) in [6.45, 7) is 3.41. The summed E-state index contributed by atoms with van der Waals surface area (Å²) in [4.78, 5) is 22.9. The van der Waals surface area contributed by atoms with E-state index in [1.807, 2.05) is 0 Å². The van der Waals surface area contributed by atoms with E-state index in [4.69, 9.17) is 9.47 Å². The van der Waals surface area contributed by atoms with Gasteiger partial charge in [0.25, 0.3) is 0 Å². The Hall–Kier alpha value is -1.88. The van der Waals surface area contributed by atoms with Gasteiger partial charge >= 0.3 is 11.9 Å². The van der Waals surface area contributed by atoms with E-state index in [-0.39, 0.29) is 31.6 Å². The van der Waals surface area contributed by atoms with E-state index in [2.05, 4.69) is 43.4 Å². The normalized spacial score (nSPS) is 12.7. The molecule has 0 saturated heterocycles. The lowest BCUT2D eigenvalue weighted by Crippen LogP contribution is -2.28. The molecule has 0 fully saturated rings. The third kappa shape index (κ3) is 21.1. The van der Waals surface area contributed by atoms with Crippen LogP contribution in [0.3, 0.4) is 0 Å². The highest BCUT2D eigenvalue weighted by Crippen LogP contribution is 2.11. The number of rotatable bonds is 20. The minimum Gasteiger partial charge on any atom is -0.462 e. The monoisotopic (exact) mass is 436 g/mol. The SMILES string of the molecule is CC/C=C\C/C=C\C/C=C\CCCCCCCCCC(=O)OC(CO)COC(=O)CC. The van der Waals surface area contributed by atoms with Crippen molar-refractivity contribution in [2.24, 2.45) is 0 Å². The molecule has 31 heavy (non-hydrogen) atoms. The van der Waals surface area contributed by atoms with Gasteiger partial charge in [-0.1, -0.05) is 82.4 Å². The molecule has 0 rings (SSSR count). The quantitative estimate of drug-likeness (QED) is 0.139. The van der Waals surface area contributed by atoms with Gasteiger partial charge in [0.1, 0.15) is 6.61 Å². The van der Waals surface area contributed by atoms with Crippen LogP contribution in [0.2, 0.25) is 0 Å². The van der Waals surface area contributed by atoms with Gasteiger partial charge in [0.2, 0.25) is 0 Å². The van der Waals surface area contributed by atoms with Crippen LogP contribution in [0.25, 0.3) is 0 Å². The highest BCUT2D eigenvalue weighted by molar-refractivity contribution is 5.70. The molecule has 0 saturated carbocycles. The Bertz CT molecular complexity index is 522. The average Bonchev–Trinajstić information content (AvgIpc) is 2.78. The van der Waals surface area contributed by atoms with E-state index in [1.165, 1.54) is 25.7 Å². The molecule has 0 aliphatic heterocycles. The Morgan fingerprint density at radius 3 is 1.97 bits per heavy atom. The Morgan fingerprint density at radius 1 is 0.774 bits per heavy atom. The van der Waals surface area contributed by atoms with Crippen LogP contribution in [0.5, 0.6) is 0 Å². The van der Waals surface area contributed by atoms with Crippen molar-refractivity contribution in [2.45, 2.75) is 103 Å². The number of hydrogen-bond donors (Lipinski definition) is 1. The maximum absolute atomic E-state index is 11.8. The lowest BCUT2D eigenvalue weighted by Gasteiger charge is -2.15. The Morgan fingerprint density at radius 2 is 1.35 bits per heavy atom. The summed E-state index contributed by atoms with van der Waals surface area (Å²) in [5, 5.41) is 9.20. The molecule has 0 amide bonds. The van der Waals surface area contributed by atoms with Gasteiger partial charge in [0, 0.05) is 12.8 Å². The fraction of sp³-hybridized carbons (Fsp3) is 0.692. The van der Waals surface area contributed by atoms with E-state index in [1.54, 1.807) is 6.92 Å². The molecule has 0 spiro atoms. The van der Waals surface area contributed by atoms with Crippen LogP contribution in [-0.2, 0) is 19.1 Å². The molecular weight excluding hydrogens is 392 g/mol. The lowest BCUT2D eigenvalue weighted by molar-refractivity contribution is -0.161. The first-order valence-electron chi connectivity index (χ1n) is 12.0. The zero-order chi connectivity index (χ0) is 23.0. The number of allylic oxidation sites excluding steroid dienone is 6. The fourth-order valence-corrected chi connectivity index (χ4v) is 2.90. The van der Waals surface area contributed by atoms with Crippen molar-refractivity contribution in [3.63, 3.8) is 0 Å². The van der Waals surface area contributed by atoms with Gasteiger partial charge in [0.05, 0.1) is 6.61 Å². The number of aliphatic hydroxyl groups is 1. The standard InChI is InChI=1S/C26H44O5/c1-3-5-6-7-8-9-10-11-12-13-14-15-16-17-18-19-20-21-26(29)31-24(22-27)23-30-25(28)4-2/h5-6,8-9,11-12,24,27H,3-4,7,10,13-23H2,1-2H3/b6-5-,9-8-,12-11-. The molecular formula is C26H44O5. The van der Waals surface area contributed by atoms with Gasteiger partial charge in [0.15, 0.2) is 6.10 Å². The predicted molar refractivity (Wildman–Crippen MR) is 127 cm³/mol. The molecule has 5 nitrogen and oxygen atoms in total. The summed E-state index contributed by atoms with van der Waals surface area (Å²) in [5.74, 6) is -0.709. The number of carbonyl (C=O) groups excluding carboxylic acids is 2. The maximum Gasteiger partial charge on any atom is 0.306 e.